The van der Waals surface area contributed by atoms with Crippen molar-refractivity contribution in [3.05, 3.63) is 69.8 Å². The molecular weight excluding hydrogens is 456 g/mol. The maximum atomic E-state index is 13.2. The fraction of sp³-hybridized carbons (Fsp3) is 0.385. The zero-order valence-corrected chi connectivity index (χ0v) is 19.8. The number of amides is 1. The van der Waals surface area contributed by atoms with Gasteiger partial charge in [-0.2, -0.15) is 0 Å². The van der Waals surface area contributed by atoms with Crippen LogP contribution in [0.25, 0.3) is 5.76 Å². The number of ketones is 1. The topological polar surface area (TPSA) is 79.3 Å². The van der Waals surface area contributed by atoms with Crippen molar-refractivity contribution in [2.45, 2.75) is 25.5 Å². The zero-order chi connectivity index (χ0) is 23.8. The molecule has 0 spiro atoms. The molecule has 7 nitrogen and oxygen atoms in total. The quantitative estimate of drug-likeness (QED) is 0.399. The largest absolute Gasteiger partial charge is 0.507 e. The molecule has 8 heteroatoms. The fourth-order valence-corrected chi connectivity index (χ4v) is 5.13. The molecule has 1 amide bonds. The first kappa shape index (κ1) is 22.9. The number of morpholine rings is 1. The molecule has 0 bridgehead atoms. The Balaban J connectivity index is 1.53. The Morgan fingerprint density at radius 2 is 1.91 bits per heavy atom. The summed E-state index contributed by atoms with van der Waals surface area (Å²) in [7, 11) is 0. The van der Waals surface area contributed by atoms with E-state index in [1.165, 1.54) is 0 Å². The molecule has 5 rings (SSSR count). The van der Waals surface area contributed by atoms with Crippen LogP contribution in [0.4, 0.5) is 0 Å². The minimum Gasteiger partial charge on any atom is -0.507 e. The van der Waals surface area contributed by atoms with E-state index in [4.69, 9.17) is 21.1 Å². The molecule has 178 valence electrons. The zero-order valence-electron chi connectivity index (χ0n) is 19.0. The highest BCUT2D eigenvalue weighted by molar-refractivity contribution is 6.46. The normalized spacial score (nSPS) is 24.4. The van der Waals surface area contributed by atoms with Crippen molar-refractivity contribution in [3.8, 4) is 5.75 Å². The minimum atomic E-state index is -0.719. The van der Waals surface area contributed by atoms with Crippen molar-refractivity contribution in [2.75, 3.05) is 39.4 Å². The van der Waals surface area contributed by atoms with Crippen molar-refractivity contribution in [1.82, 2.24) is 9.80 Å². The Bertz CT molecular complexity index is 1160. The number of fused-ring (bicyclic) bond motifs is 1. The van der Waals surface area contributed by atoms with E-state index in [1.54, 1.807) is 35.2 Å². The lowest BCUT2D eigenvalue weighted by Crippen LogP contribution is -2.42. The molecule has 3 heterocycles. The Kier molecular flexibility index (Phi) is 6.34. The summed E-state index contributed by atoms with van der Waals surface area (Å²) in [6, 6.07) is 11.7. The van der Waals surface area contributed by atoms with Gasteiger partial charge in [-0.1, -0.05) is 23.7 Å². The van der Waals surface area contributed by atoms with Crippen molar-refractivity contribution >= 4 is 29.1 Å². The van der Waals surface area contributed by atoms with Crippen LogP contribution in [0, 0.1) is 0 Å². The highest BCUT2D eigenvalue weighted by Gasteiger charge is 2.46. The van der Waals surface area contributed by atoms with E-state index in [2.05, 4.69) is 4.90 Å². The molecular formula is C26H27ClN2O5. The Morgan fingerprint density at radius 1 is 1.12 bits per heavy atom. The number of carbonyl (C=O) groups excluding carboxylic acids is 2. The molecule has 3 aliphatic rings. The third-order valence-electron chi connectivity index (χ3n) is 6.63. The fourth-order valence-electron chi connectivity index (χ4n) is 4.93. The van der Waals surface area contributed by atoms with Crippen LogP contribution in [-0.4, -0.2) is 72.1 Å². The van der Waals surface area contributed by atoms with Gasteiger partial charge in [0.1, 0.15) is 17.6 Å². The minimum absolute atomic E-state index is 0.0598. The number of carbonyl (C=O) groups is 2. The van der Waals surface area contributed by atoms with Crippen LogP contribution in [0.5, 0.6) is 5.75 Å². The van der Waals surface area contributed by atoms with E-state index < -0.39 is 17.7 Å². The van der Waals surface area contributed by atoms with Gasteiger partial charge in [0.2, 0.25) is 0 Å². The van der Waals surface area contributed by atoms with E-state index in [0.717, 1.165) is 30.8 Å². The van der Waals surface area contributed by atoms with Gasteiger partial charge in [0, 0.05) is 43.2 Å². The summed E-state index contributed by atoms with van der Waals surface area (Å²) in [4.78, 5) is 30.2. The number of nitrogens with zero attached hydrogens (tertiary/aromatic N) is 2. The summed E-state index contributed by atoms with van der Waals surface area (Å²) in [6.07, 6.45) is 0.784. The van der Waals surface area contributed by atoms with E-state index in [1.807, 2.05) is 19.1 Å². The van der Waals surface area contributed by atoms with Crippen LogP contribution in [0.2, 0.25) is 5.02 Å². The molecule has 0 unspecified atom stereocenters. The van der Waals surface area contributed by atoms with Crippen molar-refractivity contribution in [2.24, 2.45) is 0 Å². The van der Waals surface area contributed by atoms with E-state index in [-0.39, 0.29) is 17.4 Å². The monoisotopic (exact) mass is 482 g/mol. The summed E-state index contributed by atoms with van der Waals surface area (Å²) in [5.74, 6) is -0.701. The molecule has 2 aromatic carbocycles. The highest BCUT2D eigenvalue weighted by Crippen LogP contribution is 2.41. The van der Waals surface area contributed by atoms with E-state index in [0.29, 0.717) is 42.5 Å². The molecule has 0 aromatic heterocycles. The number of likely N-dealkylation sites (tertiary alicyclic amines) is 1. The Morgan fingerprint density at radius 3 is 2.68 bits per heavy atom. The number of benzene rings is 2. The lowest BCUT2D eigenvalue weighted by molar-refractivity contribution is -0.140. The number of Topliss-reactive ketones (excluding diaryl/α,β-unsaturated/α-hetero) is 1. The van der Waals surface area contributed by atoms with E-state index in [9.17, 15) is 14.7 Å². The predicted octanol–water partition coefficient (Wildman–Crippen LogP) is 3.42. The van der Waals surface area contributed by atoms with E-state index >= 15 is 0 Å². The molecule has 34 heavy (non-hydrogen) atoms. The third-order valence-corrected chi connectivity index (χ3v) is 6.87. The van der Waals surface area contributed by atoms with Crippen LogP contribution in [0.1, 0.15) is 29.7 Å². The predicted molar refractivity (Wildman–Crippen MR) is 128 cm³/mol. The SMILES string of the molecule is C[C@@H]1Cc2cc(C(O)=C3C(=O)C(=O)N(CCN4CCOCC4)[C@H]3c3cccc(Cl)c3)ccc2O1. The van der Waals surface area contributed by atoms with Crippen LogP contribution in [-0.2, 0) is 20.7 Å². The van der Waals surface area contributed by atoms with Gasteiger partial charge in [0.15, 0.2) is 0 Å². The molecule has 3 aliphatic heterocycles. The summed E-state index contributed by atoms with van der Waals surface area (Å²) < 4.78 is 11.2. The van der Waals surface area contributed by atoms with Crippen LogP contribution >= 0.6 is 11.6 Å². The molecule has 2 aromatic rings. The molecule has 2 atom stereocenters. The molecule has 0 aliphatic carbocycles. The standard InChI is InChI=1S/C26H27ClN2O5/c1-16-13-19-14-18(5-6-21(19)34-16)24(30)22-23(17-3-2-4-20(27)15-17)29(26(32)25(22)31)8-7-28-9-11-33-12-10-28/h2-6,14-16,23,30H,7-13H2,1H3/t16-,23+/m1/s1. The Labute approximate surface area is 203 Å². The van der Waals surface area contributed by atoms with Crippen LogP contribution in [0.3, 0.4) is 0 Å². The number of aliphatic hydroxyl groups is 1. The van der Waals surface area contributed by atoms with Crippen molar-refractivity contribution in [1.29, 1.82) is 0 Å². The molecule has 1 N–H and O–H groups in total. The number of hydrogen-bond donors (Lipinski definition) is 1. The lowest BCUT2D eigenvalue weighted by Gasteiger charge is -2.31. The summed E-state index contributed by atoms with van der Waals surface area (Å²) in [5, 5.41) is 11.8. The lowest BCUT2D eigenvalue weighted by atomic mass is 9.94. The van der Waals surface area contributed by atoms with Crippen molar-refractivity contribution in [3.63, 3.8) is 0 Å². The smallest absolute Gasteiger partial charge is 0.295 e. The number of rotatable bonds is 5. The first-order chi connectivity index (χ1) is 16.4. The van der Waals surface area contributed by atoms with Gasteiger partial charge in [0.25, 0.3) is 11.7 Å². The Hall–Kier alpha value is -2.87. The first-order valence-electron chi connectivity index (χ1n) is 11.6. The molecule has 2 fully saturated rings. The van der Waals surface area contributed by atoms with Crippen LogP contribution < -0.4 is 4.74 Å². The molecule has 0 saturated carbocycles. The number of hydrogen-bond acceptors (Lipinski definition) is 6. The average Bonchev–Trinajstić information content (AvgIpc) is 3.33. The molecule has 2 saturated heterocycles. The summed E-state index contributed by atoms with van der Waals surface area (Å²) in [6.45, 7) is 5.81. The molecule has 0 radical (unpaired) electrons. The van der Waals surface area contributed by atoms with Gasteiger partial charge in [-0.05, 0) is 48.4 Å². The van der Waals surface area contributed by atoms with Gasteiger partial charge < -0.3 is 19.5 Å². The maximum Gasteiger partial charge on any atom is 0.295 e. The second kappa shape index (κ2) is 9.41. The van der Waals surface area contributed by atoms with Gasteiger partial charge in [-0.15, -0.1) is 0 Å². The van der Waals surface area contributed by atoms with Gasteiger partial charge in [0.05, 0.1) is 24.8 Å². The number of ether oxygens (including phenoxy) is 2. The summed E-state index contributed by atoms with van der Waals surface area (Å²) in [5.41, 5.74) is 2.24. The number of halogens is 1. The van der Waals surface area contributed by atoms with Gasteiger partial charge >= 0.3 is 0 Å². The van der Waals surface area contributed by atoms with Gasteiger partial charge in [-0.25, -0.2) is 0 Å². The summed E-state index contributed by atoms with van der Waals surface area (Å²) >= 11 is 6.26. The van der Waals surface area contributed by atoms with Gasteiger partial charge in [-0.3, -0.25) is 14.5 Å². The maximum absolute atomic E-state index is 13.2. The first-order valence-corrected chi connectivity index (χ1v) is 11.9. The average molecular weight is 483 g/mol. The second-order valence-electron chi connectivity index (χ2n) is 8.96. The highest BCUT2D eigenvalue weighted by atomic mass is 35.5. The second-order valence-corrected chi connectivity index (χ2v) is 9.39. The number of aliphatic hydroxyl groups excluding tert-OH is 1. The van der Waals surface area contributed by atoms with Crippen LogP contribution in [0.15, 0.2) is 48.0 Å². The van der Waals surface area contributed by atoms with Crippen molar-refractivity contribution < 1.29 is 24.2 Å². The third kappa shape index (κ3) is 4.31.